The van der Waals surface area contributed by atoms with Crippen molar-refractivity contribution in [3.8, 4) is 0 Å². The molecule has 0 unspecified atom stereocenters. The van der Waals surface area contributed by atoms with Gasteiger partial charge in [0.25, 0.3) is 0 Å². The summed E-state index contributed by atoms with van der Waals surface area (Å²) in [5.74, 6) is 0.454. The van der Waals surface area contributed by atoms with Crippen molar-refractivity contribution in [3.63, 3.8) is 0 Å². The van der Waals surface area contributed by atoms with Gasteiger partial charge in [0.2, 0.25) is 0 Å². The second-order valence-corrected chi connectivity index (χ2v) is 3.51. The fraction of sp³-hybridized carbons (Fsp3) is 0.889. The molecule has 0 N–H and O–H groups in total. The van der Waals surface area contributed by atoms with Gasteiger partial charge in [-0.05, 0) is 0 Å². The Morgan fingerprint density at radius 1 is 1.45 bits per heavy atom. The minimum atomic E-state index is -0.254. The van der Waals surface area contributed by atoms with Crippen molar-refractivity contribution in [2.75, 3.05) is 0 Å². The van der Waals surface area contributed by atoms with Crippen molar-refractivity contribution in [3.05, 3.63) is 0 Å². The second kappa shape index (κ2) is 6.31. The molecule has 0 saturated carbocycles. The van der Waals surface area contributed by atoms with Gasteiger partial charge in [-0.25, -0.2) is 0 Å². The number of hydrogen-bond acceptors (Lipinski definition) is 1. The van der Waals surface area contributed by atoms with E-state index in [0.29, 0.717) is 5.92 Å². The van der Waals surface area contributed by atoms with Gasteiger partial charge < -0.3 is 4.79 Å². The molecule has 1 nitrogen and oxygen atoms in total. The summed E-state index contributed by atoms with van der Waals surface area (Å²) < 4.78 is 0. The van der Waals surface area contributed by atoms with Crippen LogP contribution in [0.2, 0.25) is 0 Å². The molecule has 63 valence electrons. The third kappa shape index (κ3) is 5.08. The van der Waals surface area contributed by atoms with Crippen LogP contribution in [0.3, 0.4) is 0 Å². The maximum atomic E-state index is 10.4. The Balaban J connectivity index is 0. The minimum absolute atomic E-state index is 0. The third-order valence-corrected chi connectivity index (χ3v) is 2.22. The normalized spacial score (nSPS) is 13.5. The third-order valence-electron chi connectivity index (χ3n) is 2.22. The number of carbonyl (C=O) groups excluding carboxylic acids is 1. The summed E-state index contributed by atoms with van der Waals surface area (Å²) in [6.45, 7) is 8.13. The molecule has 0 aromatic rings. The molecule has 2 heteroatoms. The molecule has 0 aliphatic carbocycles. The first-order valence-corrected chi connectivity index (χ1v) is 3.94. The molecule has 0 aliphatic heterocycles. The SMILES string of the molecule is CCC[C@H](C)C(C)(C)[C-]=O.[Y]. The molecule has 1 radical (unpaired) electrons. The fourth-order valence-electron chi connectivity index (χ4n) is 0.894. The zero-order chi connectivity index (χ0) is 8.20. The zero-order valence-electron chi connectivity index (χ0n) is 7.98. The second-order valence-electron chi connectivity index (χ2n) is 3.51. The van der Waals surface area contributed by atoms with Gasteiger partial charge in [-0.2, -0.15) is 0 Å². The Morgan fingerprint density at radius 2 is 1.91 bits per heavy atom. The van der Waals surface area contributed by atoms with Gasteiger partial charge in [0.1, 0.15) is 0 Å². The van der Waals surface area contributed by atoms with Gasteiger partial charge in [0.05, 0.1) is 0 Å². The molecule has 0 aliphatic rings. The molecule has 0 aromatic carbocycles. The smallest absolute Gasteiger partial charge is 0 e. The van der Waals surface area contributed by atoms with Crippen LogP contribution in [0, 0.1) is 11.3 Å². The molecule has 0 heterocycles. The van der Waals surface area contributed by atoms with Crippen LogP contribution in [0.15, 0.2) is 0 Å². The van der Waals surface area contributed by atoms with E-state index in [4.69, 9.17) is 0 Å². The van der Waals surface area contributed by atoms with E-state index in [1.54, 1.807) is 0 Å². The molecule has 0 aromatic heterocycles. The van der Waals surface area contributed by atoms with E-state index in [1.807, 2.05) is 13.8 Å². The summed E-state index contributed by atoms with van der Waals surface area (Å²) in [4.78, 5) is 10.4. The predicted molar refractivity (Wildman–Crippen MR) is 43.5 cm³/mol. The molecule has 0 fully saturated rings. The average Bonchev–Trinajstić information content (AvgIpc) is 1.89. The van der Waals surface area contributed by atoms with Crippen molar-refractivity contribution in [1.82, 2.24) is 0 Å². The zero-order valence-corrected chi connectivity index (χ0v) is 10.8. The monoisotopic (exact) mass is 230 g/mol. The van der Waals surface area contributed by atoms with Crippen LogP contribution >= 0.6 is 0 Å². The summed E-state index contributed by atoms with van der Waals surface area (Å²) in [7, 11) is 0. The maximum Gasteiger partial charge on any atom is 0 e. The summed E-state index contributed by atoms with van der Waals surface area (Å²) in [5.41, 5.74) is -0.254. The first-order chi connectivity index (χ1) is 4.54. The molecule has 0 amide bonds. The van der Waals surface area contributed by atoms with E-state index >= 15 is 0 Å². The van der Waals surface area contributed by atoms with Crippen LogP contribution in [-0.4, -0.2) is 6.29 Å². The van der Waals surface area contributed by atoms with E-state index in [1.165, 1.54) is 0 Å². The Bertz CT molecular complexity index is 110. The molecule has 0 saturated heterocycles. The van der Waals surface area contributed by atoms with E-state index in [-0.39, 0.29) is 38.1 Å². The fourth-order valence-corrected chi connectivity index (χ4v) is 0.894. The van der Waals surface area contributed by atoms with Crippen LogP contribution in [0.25, 0.3) is 0 Å². The first kappa shape index (κ1) is 14.3. The van der Waals surface area contributed by atoms with Crippen molar-refractivity contribution < 1.29 is 37.5 Å². The van der Waals surface area contributed by atoms with Crippen LogP contribution < -0.4 is 0 Å². The van der Waals surface area contributed by atoms with Gasteiger partial charge in [0.15, 0.2) is 0 Å². The van der Waals surface area contributed by atoms with Crippen molar-refractivity contribution in [1.29, 1.82) is 0 Å². The van der Waals surface area contributed by atoms with Crippen molar-refractivity contribution in [2.45, 2.75) is 40.5 Å². The molecule has 11 heavy (non-hydrogen) atoms. The van der Waals surface area contributed by atoms with Crippen molar-refractivity contribution in [2.24, 2.45) is 11.3 Å². The Labute approximate surface area is 95.2 Å². The minimum Gasteiger partial charge on any atom is -0.541 e. The average molecular weight is 230 g/mol. The van der Waals surface area contributed by atoms with E-state index in [2.05, 4.69) is 20.1 Å². The van der Waals surface area contributed by atoms with Crippen LogP contribution in [0.1, 0.15) is 40.5 Å². The van der Waals surface area contributed by atoms with E-state index < -0.39 is 0 Å². The first-order valence-electron chi connectivity index (χ1n) is 3.94. The van der Waals surface area contributed by atoms with E-state index in [9.17, 15) is 4.79 Å². The predicted octanol–water partition coefficient (Wildman–Crippen LogP) is 2.56. The number of hydrogen-bond donors (Lipinski definition) is 0. The van der Waals surface area contributed by atoms with E-state index in [0.717, 1.165) is 12.8 Å². The molecular weight excluding hydrogens is 213 g/mol. The van der Waals surface area contributed by atoms with Gasteiger partial charge in [-0.1, -0.05) is 46.5 Å². The summed E-state index contributed by atoms with van der Waals surface area (Å²) >= 11 is 0. The molecular formula is C9H17OY-. The van der Waals surface area contributed by atoms with Gasteiger partial charge in [0, 0.05) is 32.7 Å². The van der Waals surface area contributed by atoms with Crippen LogP contribution in [0.5, 0.6) is 0 Å². The van der Waals surface area contributed by atoms with Crippen molar-refractivity contribution >= 4 is 6.29 Å². The standard InChI is InChI=1S/C9H17O.Y/c1-5-6-8(2)9(3,4)7-10;/h8H,5-6H2,1-4H3;/q-1;/t8-;/m0./s1. The van der Waals surface area contributed by atoms with Crippen LogP contribution in [0.4, 0.5) is 0 Å². The maximum absolute atomic E-state index is 10.4. The number of rotatable bonds is 4. The summed E-state index contributed by atoms with van der Waals surface area (Å²) in [6.07, 6.45) is 4.33. The molecule has 0 bridgehead atoms. The molecule has 0 spiro atoms. The van der Waals surface area contributed by atoms with Gasteiger partial charge in [-0.15, -0.1) is 5.41 Å². The largest absolute Gasteiger partial charge is 0.541 e. The summed E-state index contributed by atoms with van der Waals surface area (Å²) in [5, 5.41) is 0. The van der Waals surface area contributed by atoms with Crippen LogP contribution in [-0.2, 0) is 37.5 Å². The Morgan fingerprint density at radius 3 is 2.18 bits per heavy atom. The van der Waals surface area contributed by atoms with Gasteiger partial charge >= 0.3 is 0 Å². The van der Waals surface area contributed by atoms with Gasteiger partial charge in [-0.3, -0.25) is 6.29 Å². The topological polar surface area (TPSA) is 17.1 Å². The summed E-state index contributed by atoms with van der Waals surface area (Å²) in [6, 6.07) is 0. The molecule has 1 atom stereocenters. The Hall–Kier alpha value is 0.774. The Kier molecular flexibility index (Phi) is 8.20. The molecule has 0 rings (SSSR count). The quantitative estimate of drug-likeness (QED) is 0.678.